The number of para-hydroxylation sites is 1. The first-order valence-electron chi connectivity index (χ1n) is 11.6. The number of hydrogen-bond acceptors (Lipinski definition) is 3. The largest absolute Gasteiger partial charge is 0.421 e. The minimum Gasteiger partial charge on any atom is -0.421 e. The van der Waals surface area contributed by atoms with Crippen LogP contribution in [0.3, 0.4) is 0 Å². The Labute approximate surface area is 200 Å². The molecule has 3 aromatic heterocycles. The van der Waals surface area contributed by atoms with Gasteiger partial charge in [0.1, 0.15) is 5.58 Å². The number of aromatic nitrogens is 2. The third kappa shape index (κ3) is 3.07. The van der Waals surface area contributed by atoms with Crippen LogP contribution >= 0.6 is 0 Å². The molecule has 0 aliphatic carbocycles. The number of hydrogen-bond donors (Lipinski definition) is 1. The van der Waals surface area contributed by atoms with Gasteiger partial charge in [-0.05, 0) is 42.3 Å². The maximum Gasteiger partial charge on any atom is 0.363 e. The second-order valence-corrected chi connectivity index (χ2v) is 8.96. The zero-order valence-corrected chi connectivity index (χ0v) is 19.0. The number of rotatable bonds is 2. The van der Waals surface area contributed by atoms with E-state index in [-0.39, 0.29) is 0 Å². The average Bonchev–Trinajstić information content (AvgIpc) is 3.25. The van der Waals surface area contributed by atoms with Crippen molar-refractivity contribution < 1.29 is 4.42 Å². The quantitative estimate of drug-likeness (QED) is 0.217. The summed E-state index contributed by atoms with van der Waals surface area (Å²) in [5, 5.41) is 3.80. The zero-order valence-electron chi connectivity index (χ0n) is 19.0. The molecule has 0 aliphatic heterocycles. The van der Waals surface area contributed by atoms with Gasteiger partial charge in [-0.3, -0.25) is 0 Å². The molecule has 0 radical (unpaired) electrons. The summed E-state index contributed by atoms with van der Waals surface area (Å²) in [5.74, 6) is 0. The van der Waals surface area contributed by atoms with E-state index in [2.05, 4.69) is 60.4 Å². The van der Waals surface area contributed by atoms with E-state index in [0.717, 1.165) is 55.0 Å². The number of fused-ring (bicyclic) bond motifs is 6. The molecule has 166 valence electrons. The summed E-state index contributed by atoms with van der Waals surface area (Å²) in [7, 11) is 0. The number of benzene rings is 4. The van der Waals surface area contributed by atoms with E-state index in [1.807, 2.05) is 48.5 Å². The van der Waals surface area contributed by atoms with E-state index >= 15 is 0 Å². The van der Waals surface area contributed by atoms with Gasteiger partial charge in [0.15, 0.2) is 5.52 Å². The molecule has 4 heteroatoms. The number of H-pyrrole nitrogens is 1. The maximum atomic E-state index is 13.3. The van der Waals surface area contributed by atoms with Gasteiger partial charge in [0.05, 0.1) is 5.69 Å². The van der Waals surface area contributed by atoms with Crippen molar-refractivity contribution in [2.45, 2.75) is 6.92 Å². The van der Waals surface area contributed by atoms with Crippen LogP contribution in [0.15, 0.2) is 106 Å². The summed E-state index contributed by atoms with van der Waals surface area (Å²) < 4.78 is 5.87. The highest BCUT2D eigenvalue weighted by atomic mass is 16.4. The Morgan fingerprint density at radius 3 is 2.31 bits per heavy atom. The lowest BCUT2D eigenvalue weighted by atomic mass is 9.96. The van der Waals surface area contributed by atoms with E-state index in [0.29, 0.717) is 11.1 Å². The normalized spacial score (nSPS) is 11.7. The number of aryl methyl sites for hydroxylation is 1. The van der Waals surface area contributed by atoms with Crippen LogP contribution in [-0.2, 0) is 0 Å². The van der Waals surface area contributed by atoms with Crippen LogP contribution in [0.25, 0.3) is 66.1 Å². The van der Waals surface area contributed by atoms with Crippen LogP contribution in [0.1, 0.15) is 5.56 Å². The second kappa shape index (κ2) is 7.40. The molecule has 0 atom stereocenters. The van der Waals surface area contributed by atoms with Crippen molar-refractivity contribution >= 4 is 43.7 Å². The minimum atomic E-state index is -0.433. The zero-order chi connectivity index (χ0) is 23.5. The molecular formula is C31H20N2O2. The molecule has 7 aromatic rings. The van der Waals surface area contributed by atoms with Crippen LogP contribution in [0.4, 0.5) is 0 Å². The highest BCUT2D eigenvalue weighted by Crippen LogP contribution is 2.37. The van der Waals surface area contributed by atoms with Gasteiger partial charge in [0, 0.05) is 38.1 Å². The van der Waals surface area contributed by atoms with Crippen molar-refractivity contribution in [2.75, 3.05) is 0 Å². The molecule has 0 saturated heterocycles. The van der Waals surface area contributed by atoms with E-state index in [4.69, 9.17) is 9.40 Å². The number of pyridine rings is 1. The lowest BCUT2D eigenvalue weighted by Crippen LogP contribution is -2.04. The highest BCUT2D eigenvalue weighted by molar-refractivity contribution is 6.18. The fraction of sp³-hybridized carbons (Fsp3) is 0.0323. The molecule has 0 bridgehead atoms. The van der Waals surface area contributed by atoms with Gasteiger partial charge in [0.25, 0.3) is 0 Å². The number of nitrogens with zero attached hydrogens (tertiary/aromatic N) is 1. The third-order valence-corrected chi connectivity index (χ3v) is 6.72. The fourth-order valence-electron chi connectivity index (χ4n) is 4.99. The topological polar surface area (TPSA) is 58.9 Å². The monoisotopic (exact) mass is 452 g/mol. The molecule has 4 aromatic carbocycles. The van der Waals surface area contributed by atoms with E-state index in [1.165, 1.54) is 5.56 Å². The molecule has 7 rings (SSSR count). The van der Waals surface area contributed by atoms with Crippen molar-refractivity contribution in [1.82, 2.24) is 9.97 Å². The predicted octanol–water partition coefficient (Wildman–Crippen LogP) is 7.62. The molecule has 4 nitrogen and oxygen atoms in total. The van der Waals surface area contributed by atoms with Crippen LogP contribution in [-0.4, -0.2) is 9.97 Å². The molecular weight excluding hydrogens is 432 g/mol. The SMILES string of the molecule is Cc1ccc(-c2cc(-c3ccccc3)c3c(n2)c(=O)oc2cc4c(cc23)[nH]c2ccccc24)cc1. The molecule has 0 saturated carbocycles. The summed E-state index contributed by atoms with van der Waals surface area (Å²) in [6.07, 6.45) is 0. The van der Waals surface area contributed by atoms with Crippen molar-refractivity contribution in [3.05, 3.63) is 113 Å². The lowest BCUT2D eigenvalue weighted by molar-refractivity contribution is 0.568. The summed E-state index contributed by atoms with van der Waals surface area (Å²) in [5.41, 5.74) is 7.37. The summed E-state index contributed by atoms with van der Waals surface area (Å²) >= 11 is 0. The van der Waals surface area contributed by atoms with Gasteiger partial charge in [-0.2, -0.15) is 0 Å². The summed E-state index contributed by atoms with van der Waals surface area (Å²) in [4.78, 5) is 21.6. The molecule has 1 N–H and O–H groups in total. The van der Waals surface area contributed by atoms with E-state index in [9.17, 15) is 4.79 Å². The van der Waals surface area contributed by atoms with Gasteiger partial charge in [-0.15, -0.1) is 0 Å². The van der Waals surface area contributed by atoms with Gasteiger partial charge >= 0.3 is 5.63 Å². The number of aromatic amines is 1. The van der Waals surface area contributed by atoms with Crippen molar-refractivity contribution in [2.24, 2.45) is 0 Å². The van der Waals surface area contributed by atoms with Crippen LogP contribution in [0.2, 0.25) is 0 Å². The molecule has 0 unspecified atom stereocenters. The highest BCUT2D eigenvalue weighted by Gasteiger charge is 2.18. The van der Waals surface area contributed by atoms with E-state index < -0.39 is 5.63 Å². The minimum absolute atomic E-state index is 0.338. The van der Waals surface area contributed by atoms with Crippen molar-refractivity contribution in [1.29, 1.82) is 0 Å². The Kier molecular flexibility index (Phi) is 4.18. The smallest absolute Gasteiger partial charge is 0.363 e. The molecule has 0 aliphatic rings. The van der Waals surface area contributed by atoms with Crippen LogP contribution < -0.4 is 5.63 Å². The van der Waals surface area contributed by atoms with Gasteiger partial charge in [0.2, 0.25) is 0 Å². The molecule has 0 amide bonds. The molecule has 35 heavy (non-hydrogen) atoms. The van der Waals surface area contributed by atoms with Crippen LogP contribution in [0, 0.1) is 6.92 Å². The third-order valence-electron chi connectivity index (χ3n) is 6.72. The van der Waals surface area contributed by atoms with Gasteiger partial charge < -0.3 is 9.40 Å². The van der Waals surface area contributed by atoms with Crippen LogP contribution in [0.5, 0.6) is 0 Å². The van der Waals surface area contributed by atoms with Gasteiger partial charge in [-0.25, -0.2) is 9.78 Å². The Morgan fingerprint density at radius 2 is 1.49 bits per heavy atom. The summed E-state index contributed by atoms with van der Waals surface area (Å²) in [6.45, 7) is 2.05. The fourth-order valence-corrected chi connectivity index (χ4v) is 4.99. The predicted molar refractivity (Wildman–Crippen MR) is 143 cm³/mol. The maximum absolute atomic E-state index is 13.3. The first kappa shape index (κ1) is 19.7. The Morgan fingerprint density at radius 1 is 0.714 bits per heavy atom. The second-order valence-electron chi connectivity index (χ2n) is 8.96. The standard InChI is InChI=1S/C31H20N2O2/c1-18-11-13-20(14-12-18)26-15-22(19-7-3-2-4-8-19)29-24-16-27-23(21-9-5-6-10-25(21)32-27)17-28(24)35-31(34)30(29)33-26/h2-17,32H,1H3. The molecule has 0 spiro atoms. The molecule has 3 heterocycles. The number of nitrogens with one attached hydrogen (secondary N) is 1. The lowest BCUT2D eigenvalue weighted by Gasteiger charge is -2.12. The van der Waals surface area contributed by atoms with Crippen molar-refractivity contribution in [3.8, 4) is 22.4 Å². The first-order valence-corrected chi connectivity index (χ1v) is 11.6. The Balaban J connectivity index is 1.64. The average molecular weight is 453 g/mol. The first-order chi connectivity index (χ1) is 17.2. The van der Waals surface area contributed by atoms with E-state index in [1.54, 1.807) is 0 Å². The van der Waals surface area contributed by atoms with Crippen molar-refractivity contribution in [3.63, 3.8) is 0 Å². The Hall–Kier alpha value is -4.70. The van der Waals surface area contributed by atoms with Gasteiger partial charge in [-0.1, -0.05) is 78.4 Å². The summed E-state index contributed by atoms with van der Waals surface area (Å²) in [6, 6.07) is 32.6. The Bertz CT molecular complexity index is 1960. The molecule has 0 fully saturated rings.